The molecule has 7 nitrogen and oxygen atoms in total. The van der Waals surface area contributed by atoms with Crippen LogP contribution in [-0.4, -0.2) is 51.7 Å². The molecule has 0 aliphatic rings. The smallest absolute Gasteiger partial charge is 0.230 e. The average molecular weight is 412 g/mol. The van der Waals surface area contributed by atoms with E-state index in [0.717, 1.165) is 29.9 Å². The van der Waals surface area contributed by atoms with E-state index in [9.17, 15) is 4.79 Å². The Morgan fingerprint density at radius 1 is 1.14 bits per heavy atom. The van der Waals surface area contributed by atoms with Crippen LogP contribution in [0.15, 0.2) is 53.9 Å². The Morgan fingerprint density at radius 3 is 2.59 bits per heavy atom. The Kier molecular flexibility index (Phi) is 7.77. The van der Waals surface area contributed by atoms with Crippen molar-refractivity contribution in [2.45, 2.75) is 24.9 Å². The number of ether oxygens (including phenoxy) is 1. The van der Waals surface area contributed by atoms with Crippen LogP contribution in [0.5, 0.6) is 0 Å². The highest BCUT2D eigenvalue weighted by molar-refractivity contribution is 7.99. The van der Waals surface area contributed by atoms with Crippen molar-refractivity contribution in [2.75, 3.05) is 26.0 Å². The molecule has 0 aliphatic heterocycles. The number of hydrogen-bond donors (Lipinski definition) is 1. The van der Waals surface area contributed by atoms with Crippen molar-refractivity contribution in [2.24, 2.45) is 0 Å². The molecule has 29 heavy (non-hydrogen) atoms. The Labute approximate surface area is 174 Å². The summed E-state index contributed by atoms with van der Waals surface area (Å²) in [6, 6.07) is 12.1. The summed E-state index contributed by atoms with van der Waals surface area (Å²) in [6.45, 7) is 3.36. The van der Waals surface area contributed by atoms with Crippen molar-refractivity contribution in [3.8, 4) is 17.1 Å². The number of amides is 1. The van der Waals surface area contributed by atoms with Gasteiger partial charge < -0.3 is 10.1 Å². The molecule has 1 aromatic carbocycles. The van der Waals surface area contributed by atoms with E-state index < -0.39 is 0 Å². The number of aryl methyl sites for hydroxylation is 1. The molecule has 0 unspecified atom stereocenters. The molecule has 0 aliphatic carbocycles. The van der Waals surface area contributed by atoms with Crippen molar-refractivity contribution in [1.82, 2.24) is 25.1 Å². The Morgan fingerprint density at radius 2 is 1.90 bits per heavy atom. The molecule has 1 amide bonds. The number of hydrogen-bond acceptors (Lipinski definition) is 6. The Bertz CT molecular complexity index is 913. The number of rotatable bonds is 10. The zero-order valence-electron chi connectivity index (χ0n) is 16.7. The fourth-order valence-corrected chi connectivity index (χ4v) is 3.57. The topological polar surface area (TPSA) is 81.9 Å². The van der Waals surface area contributed by atoms with Crippen LogP contribution in [0, 0.1) is 0 Å². The van der Waals surface area contributed by atoms with Crippen LogP contribution in [0.25, 0.3) is 17.1 Å². The second-order valence-corrected chi connectivity index (χ2v) is 7.32. The first-order valence-corrected chi connectivity index (χ1v) is 10.5. The second-order valence-electron chi connectivity index (χ2n) is 6.38. The third-order valence-electron chi connectivity index (χ3n) is 4.35. The Balaban J connectivity index is 1.81. The molecule has 0 saturated carbocycles. The monoisotopic (exact) mass is 411 g/mol. The molecular weight excluding hydrogens is 386 g/mol. The third-order valence-corrected chi connectivity index (χ3v) is 5.28. The van der Waals surface area contributed by atoms with E-state index in [-0.39, 0.29) is 11.7 Å². The molecule has 3 aromatic rings. The Hall–Kier alpha value is -2.71. The molecule has 152 valence electrons. The minimum atomic E-state index is -0.0348. The van der Waals surface area contributed by atoms with E-state index in [1.165, 1.54) is 17.3 Å². The lowest BCUT2D eigenvalue weighted by Gasteiger charge is -2.11. The van der Waals surface area contributed by atoms with Gasteiger partial charge in [0.25, 0.3) is 0 Å². The molecule has 0 fully saturated rings. The highest BCUT2D eigenvalue weighted by Gasteiger charge is 2.17. The van der Waals surface area contributed by atoms with Crippen LogP contribution in [0.3, 0.4) is 0 Å². The van der Waals surface area contributed by atoms with Crippen LogP contribution in [0.1, 0.15) is 18.9 Å². The van der Waals surface area contributed by atoms with Gasteiger partial charge in [0, 0.05) is 43.9 Å². The highest BCUT2D eigenvalue weighted by atomic mass is 32.2. The lowest BCUT2D eigenvalue weighted by molar-refractivity contribution is -0.118. The van der Waals surface area contributed by atoms with Crippen molar-refractivity contribution < 1.29 is 9.53 Å². The third kappa shape index (κ3) is 5.65. The normalized spacial score (nSPS) is 10.8. The molecule has 1 N–H and O–H groups in total. The van der Waals surface area contributed by atoms with E-state index in [1.54, 1.807) is 19.5 Å². The van der Waals surface area contributed by atoms with Gasteiger partial charge in [-0.2, -0.15) is 0 Å². The summed E-state index contributed by atoms with van der Waals surface area (Å²) < 4.78 is 6.98. The molecule has 0 bridgehead atoms. The molecule has 2 aromatic heterocycles. The van der Waals surface area contributed by atoms with Gasteiger partial charge in [0.1, 0.15) is 0 Å². The standard InChI is InChI=1S/C21H25N5O2S/c1-3-16-5-7-18(8-6-16)26-20(17-9-12-22-13-10-17)24-25-21(26)29-15-19(27)23-11-4-14-28-2/h5-10,12-13H,3-4,11,14-15H2,1-2H3,(H,23,27). The highest BCUT2D eigenvalue weighted by Crippen LogP contribution is 2.27. The first-order chi connectivity index (χ1) is 14.2. The number of carbonyl (C=O) groups is 1. The largest absolute Gasteiger partial charge is 0.385 e. The SMILES string of the molecule is CCc1ccc(-n2c(SCC(=O)NCCCOC)nnc2-c2ccncc2)cc1. The molecule has 0 spiro atoms. The lowest BCUT2D eigenvalue weighted by Crippen LogP contribution is -2.26. The minimum Gasteiger partial charge on any atom is -0.385 e. The first-order valence-electron chi connectivity index (χ1n) is 9.56. The number of pyridine rings is 1. The summed E-state index contributed by atoms with van der Waals surface area (Å²) >= 11 is 1.37. The molecular formula is C21H25N5O2S. The average Bonchev–Trinajstić information content (AvgIpc) is 3.20. The number of thioether (sulfide) groups is 1. The van der Waals surface area contributed by atoms with Gasteiger partial charge in [-0.1, -0.05) is 30.8 Å². The number of aromatic nitrogens is 4. The maximum absolute atomic E-state index is 12.1. The summed E-state index contributed by atoms with van der Waals surface area (Å²) in [4.78, 5) is 16.2. The molecule has 0 radical (unpaired) electrons. The van der Waals surface area contributed by atoms with Crippen LogP contribution >= 0.6 is 11.8 Å². The van der Waals surface area contributed by atoms with Gasteiger partial charge in [0.2, 0.25) is 5.91 Å². The molecule has 2 heterocycles. The number of nitrogens with one attached hydrogen (secondary N) is 1. The number of nitrogens with zero attached hydrogens (tertiary/aromatic N) is 4. The summed E-state index contributed by atoms with van der Waals surface area (Å²) in [5, 5.41) is 12.3. The predicted molar refractivity (Wildman–Crippen MR) is 114 cm³/mol. The molecule has 3 rings (SSSR count). The minimum absolute atomic E-state index is 0.0348. The summed E-state index contributed by atoms with van der Waals surface area (Å²) in [5.41, 5.74) is 3.14. The number of methoxy groups -OCH3 is 1. The summed E-state index contributed by atoms with van der Waals surface area (Å²) in [6.07, 6.45) is 5.23. The van der Waals surface area contributed by atoms with E-state index in [2.05, 4.69) is 51.7 Å². The maximum Gasteiger partial charge on any atom is 0.230 e. The van der Waals surface area contributed by atoms with Crippen molar-refractivity contribution >= 4 is 17.7 Å². The number of carbonyl (C=O) groups excluding carboxylic acids is 1. The molecule has 8 heteroatoms. The van der Waals surface area contributed by atoms with Gasteiger partial charge in [-0.15, -0.1) is 10.2 Å². The first kappa shape index (κ1) is 21.0. The van der Waals surface area contributed by atoms with E-state index in [1.807, 2.05) is 16.7 Å². The molecule has 0 saturated heterocycles. The fraction of sp³-hybridized carbons (Fsp3) is 0.333. The van der Waals surface area contributed by atoms with Gasteiger partial charge in [-0.05, 0) is 42.7 Å². The van der Waals surface area contributed by atoms with E-state index in [4.69, 9.17) is 4.74 Å². The van der Waals surface area contributed by atoms with E-state index in [0.29, 0.717) is 18.3 Å². The molecule has 0 atom stereocenters. The predicted octanol–water partition coefficient (Wildman–Crippen LogP) is 3.14. The van der Waals surface area contributed by atoms with Gasteiger partial charge in [-0.25, -0.2) is 0 Å². The summed E-state index contributed by atoms with van der Waals surface area (Å²) in [7, 11) is 1.65. The summed E-state index contributed by atoms with van der Waals surface area (Å²) in [5.74, 6) is 0.959. The van der Waals surface area contributed by atoms with Gasteiger partial charge in [-0.3, -0.25) is 14.3 Å². The zero-order chi connectivity index (χ0) is 20.5. The van der Waals surface area contributed by atoms with Crippen molar-refractivity contribution in [1.29, 1.82) is 0 Å². The lowest BCUT2D eigenvalue weighted by atomic mass is 10.1. The van der Waals surface area contributed by atoms with Gasteiger partial charge >= 0.3 is 0 Å². The maximum atomic E-state index is 12.1. The van der Waals surface area contributed by atoms with Gasteiger partial charge in [0.05, 0.1) is 5.75 Å². The van der Waals surface area contributed by atoms with E-state index >= 15 is 0 Å². The zero-order valence-corrected chi connectivity index (χ0v) is 17.5. The van der Waals surface area contributed by atoms with Crippen LogP contribution < -0.4 is 5.32 Å². The van der Waals surface area contributed by atoms with Crippen LogP contribution in [0.4, 0.5) is 0 Å². The van der Waals surface area contributed by atoms with Crippen LogP contribution in [-0.2, 0) is 16.0 Å². The second kappa shape index (κ2) is 10.7. The quantitative estimate of drug-likeness (QED) is 0.408. The number of benzene rings is 1. The van der Waals surface area contributed by atoms with Gasteiger partial charge in [0.15, 0.2) is 11.0 Å². The fourth-order valence-electron chi connectivity index (χ4n) is 2.79. The van der Waals surface area contributed by atoms with Crippen LogP contribution in [0.2, 0.25) is 0 Å². The van der Waals surface area contributed by atoms with Crippen molar-refractivity contribution in [3.05, 3.63) is 54.4 Å². The van der Waals surface area contributed by atoms with Crippen molar-refractivity contribution in [3.63, 3.8) is 0 Å².